The second kappa shape index (κ2) is 7.09. The molecule has 3 nitrogen and oxygen atoms in total. The van der Waals surface area contributed by atoms with Gasteiger partial charge < -0.3 is 10.6 Å². The molecule has 0 saturated carbocycles. The number of hydrogen-bond donors (Lipinski definition) is 2. The van der Waals surface area contributed by atoms with Gasteiger partial charge >= 0.3 is 6.03 Å². The van der Waals surface area contributed by atoms with Crippen LogP contribution in [-0.2, 0) is 0 Å². The summed E-state index contributed by atoms with van der Waals surface area (Å²) in [5.74, 6) is 0.491. The van der Waals surface area contributed by atoms with Crippen molar-refractivity contribution in [2.45, 2.75) is 26.7 Å². The van der Waals surface area contributed by atoms with E-state index >= 15 is 0 Å². The van der Waals surface area contributed by atoms with Gasteiger partial charge in [0.05, 0.1) is 0 Å². The number of anilines is 1. The van der Waals surface area contributed by atoms with Crippen molar-refractivity contribution >= 4 is 29.1 Å². The van der Waals surface area contributed by atoms with Crippen LogP contribution in [0.5, 0.6) is 0 Å². The van der Waals surface area contributed by atoms with E-state index in [1.807, 2.05) is 42.6 Å². The van der Waals surface area contributed by atoms with Gasteiger partial charge in [-0.05, 0) is 53.6 Å². The first-order valence-corrected chi connectivity index (χ1v) is 7.82. The highest BCUT2D eigenvalue weighted by atomic mass is 32.1. The highest BCUT2D eigenvalue weighted by molar-refractivity contribution is 7.11. The molecule has 2 rings (SSSR count). The Labute approximate surface area is 129 Å². The summed E-state index contributed by atoms with van der Waals surface area (Å²) in [5, 5.41) is 7.55. The molecule has 110 valence electrons. The highest BCUT2D eigenvalue weighted by Gasteiger charge is 2.02. The van der Waals surface area contributed by atoms with Crippen LogP contribution < -0.4 is 10.6 Å². The van der Waals surface area contributed by atoms with Crippen molar-refractivity contribution < 1.29 is 4.79 Å². The van der Waals surface area contributed by atoms with Gasteiger partial charge in [0.25, 0.3) is 0 Å². The zero-order valence-electron chi connectivity index (χ0n) is 12.5. The number of carbonyl (C=O) groups is 1. The summed E-state index contributed by atoms with van der Waals surface area (Å²) in [4.78, 5) is 12.9. The standard InChI is InChI=1S/C17H20N2OS/c1-12(2)14-4-6-15(7-5-14)19-17(20)18-10-8-16-13(3)9-11-21-16/h4-12H,1-3H3,(H2,18,19,20)/b10-8+. The van der Waals surface area contributed by atoms with Crippen LogP contribution in [0.3, 0.4) is 0 Å². The van der Waals surface area contributed by atoms with Crippen LogP contribution >= 0.6 is 11.3 Å². The minimum atomic E-state index is -0.238. The Kier molecular flexibility index (Phi) is 5.17. The number of thiophene rings is 1. The highest BCUT2D eigenvalue weighted by Crippen LogP contribution is 2.17. The number of urea groups is 1. The molecule has 4 heteroatoms. The van der Waals surface area contributed by atoms with Crippen molar-refractivity contribution in [3.8, 4) is 0 Å². The topological polar surface area (TPSA) is 41.1 Å². The molecule has 0 unspecified atom stereocenters. The van der Waals surface area contributed by atoms with Crippen LogP contribution in [0.1, 0.15) is 35.8 Å². The monoisotopic (exact) mass is 300 g/mol. The van der Waals surface area contributed by atoms with Crippen LogP contribution in [0, 0.1) is 6.92 Å². The number of amides is 2. The fraction of sp³-hybridized carbons (Fsp3) is 0.235. The van der Waals surface area contributed by atoms with E-state index in [1.165, 1.54) is 11.1 Å². The van der Waals surface area contributed by atoms with Gasteiger partial charge in [0.1, 0.15) is 0 Å². The maximum Gasteiger partial charge on any atom is 0.323 e. The second-order valence-electron chi connectivity index (χ2n) is 5.18. The number of nitrogens with one attached hydrogen (secondary N) is 2. The molecular formula is C17H20N2OS. The van der Waals surface area contributed by atoms with Crippen LogP contribution in [0.15, 0.2) is 41.9 Å². The first-order valence-electron chi connectivity index (χ1n) is 6.94. The van der Waals surface area contributed by atoms with Crippen LogP contribution in [-0.4, -0.2) is 6.03 Å². The molecule has 0 aliphatic carbocycles. The fourth-order valence-electron chi connectivity index (χ4n) is 1.87. The Hall–Kier alpha value is -2.07. The summed E-state index contributed by atoms with van der Waals surface area (Å²) in [5.41, 5.74) is 3.26. The maximum absolute atomic E-state index is 11.8. The van der Waals surface area contributed by atoms with E-state index in [-0.39, 0.29) is 6.03 Å². The van der Waals surface area contributed by atoms with E-state index in [0.717, 1.165) is 10.6 Å². The Morgan fingerprint density at radius 1 is 1.19 bits per heavy atom. The summed E-state index contributed by atoms with van der Waals surface area (Å²) in [6.07, 6.45) is 3.57. The molecule has 0 saturated heterocycles. The summed E-state index contributed by atoms with van der Waals surface area (Å²) in [7, 11) is 0. The third kappa shape index (κ3) is 4.46. The van der Waals surface area contributed by atoms with E-state index in [4.69, 9.17) is 0 Å². The number of rotatable bonds is 4. The van der Waals surface area contributed by atoms with Crippen molar-refractivity contribution in [1.82, 2.24) is 5.32 Å². The fourth-order valence-corrected chi connectivity index (χ4v) is 2.69. The Morgan fingerprint density at radius 3 is 2.48 bits per heavy atom. The summed E-state index contributed by atoms with van der Waals surface area (Å²) in [6, 6.07) is 9.72. The zero-order chi connectivity index (χ0) is 15.2. The molecule has 1 aromatic heterocycles. The molecule has 0 spiro atoms. The first-order chi connectivity index (χ1) is 10.1. The normalized spacial score (nSPS) is 11.0. The summed E-state index contributed by atoms with van der Waals surface area (Å²) < 4.78 is 0. The van der Waals surface area contributed by atoms with Crippen LogP contribution in [0.4, 0.5) is 10.5 Å². The van der Waals surface area contributed by atoms with Crippen LogP contribution in [0.25, 0.3) is 6.08 Å². The molecule has 2 N–H and O–H groups in total. The number of benzene rings is 1. The third-order valence-electron chi connectivity index (χ3n) is 3.19. The second-order valence-corrected chi connectivity index (χ2v) is 6.12. The predicted octanol–water partition coefficient (Wildman–Crippen LogP) is 4.97. The molecule has 0 aliphatic heterocycles. The molecule has 21 heavy (non-hydrogen) atoms. The van der Waals surface area contributed by atoms with Gasteiger partial charge in [-0.25, -0.2) is 4.79 Å². The Bertz CT molecular complexity index is 626. The van der Waals surface area contributed by atoms with Gasteiger partial charge in [-0.3, -0.25) is 0 Å². The van der Waals surface area contributed by atoms with Gasteiger partial charge in [-0.1, -0.05) is 26.0 Å². The van der Waals surface area contributed by atoms with E-state index in [0.29, 0.717) is 5.92 Å². The average Bonchev–Trinajstić information content (AvgIpc) is 2.85. The van der Waals surface area contributed by atoms with E-state index in [2.05, 4.69) is 30.5 Å². The zero-order valence-corrected chi connectivity index (χ0v) is 13.3. The van der Waals surface area contributed by atoms with Crippen molar-refractivity contribution in [2.75, 3.05) is 5.32 Å². The number of carbonyl (C=O) groups excluding carboxylic acids is 1. The molecule has 0 atom stereocenters. The van der Waals surface area contributed by atoms with Crippen molar-refractivity contribution in [3.63, 3.8) is 0 Å². The quantitative estimate of drug-likeness (QED) is 0.822. The average molecular weight is 300 g/mol. The van der Waals surface area contributed by atoms with Gasteiger partial charge in [-0.2, -0.15) is 0 Å². The van der Waals surface area contributed by atoms with Crippen molar-refractivity contribution in [1.29, 1.82) is 0 Å². The predicted molar refractivity (Wildman–Crippen MR) is 90.8 cm³/mol. The van der Waals surface area contributed by atoms with Gasteiger partial charge in [0, 0.05) is 16.8 Å². The van der Waals surface area contributed by atoms with Gasteiger partial charge in [0.2, 0.25) is 0 Å². The van der Waals surface area contributed by atoms with E-state index < -0.39 is 0 Å². The van der Waals surface area contributed by atoms with E-state index in [9.17, 15) is 4.79 Å². The summed E-state index contributed by atoms with van der Waals surface area (Å²) >= 11 is 1.65. The smallest absolute Gasteiger partial charge is 0.314 e. The maximum atomic E-state index is 11.8. The molecule has 0 fully saturated rings. The molecule has 0 aliphatic rings. The number of hydrogen-bond acceptors (Lipinski definition) is 2. The summed E-state index contributed by atoms with van der Waals surface area (Å²) in [6.45, 7) is 6.34. The first kappa shape index (κ1) is 15.3. The molecular weight excluding hydrogens is 280 g/mol. The van der Waals surface area contributed by atoms with Crippen LogP contribution in [0.2, 0.25) is 0 Å². The Morgan fingerprint density at radius 2 is 1.90 bits per heavy atom. The Balaban J connectivity index is 1.87. The SMILES string of the molecule is Cc1ccsc1/C=C/NC(=O)Nc1ccc(C(C)C)cc1. The molecule has 2 aromatic rings. The lowest BCUT2D eigenvalue weighted by Gasteiger charge is -2.08. The largest absolute Gasteiger partial charge is 0.323 e. The lowest BCUT2D eigenvalue weighted by molar-refractivity contribution is 0.255. The third-order valence-corrected chi connectivity index (χ3v) is 4.17. The van der Waals surface area contributed by atoms with E-state index in [1.54, 1.807) is 17.5 Å². The van der Waals surface area contributed by atoms with Crippen molar-refractivity contribution in [2.24, 2.45) is 0 Å². The molecule has 2 amide bonds. The lowest BCUT2D eigenvalue weighted by Crippen LogP contribution is -2.23. The minimum absolute atomic E-state index is 0.238. The molecule has 0 bridgehead atoms. The molecule has 1 aromatic carbocycles. The minimum Gasteiger partial charge on any atom is -0.314 e. The van der Waals surface area contributed by atoms with Gasteiger partial charge in [0.15, 0.2) is 0 Å². The van der Waals surface area contributed by atoms with Gasteiger partial charge in [-0.15, -0.1) is 11.3 Å². The number of aryl methyl sites for hydroxylation is 1. The van der Waals surface area contributed by atoms with Crippen molar-refractivity contribution in [3.05, 3.63) is 57.9 Å². The molecule has 0 radical (unpaired) electrons. The lowest BCUT2D eigenvalue weighted by atomic mass is 10.0. The molecule has 1 heterocycles.